The molecule has 198 valence electrons. The lowest BCUT2D eigenvalue weighted by molar-refractivity contribution is -0.113. The Morgan fingerprint density at radius 3 is 2.58 bits per heavy atom. The molecule has 0 saturated heterocycles. The Morgan fingerprint density at radius 2 is 1.87 bits per heavy atom. The molecule has 1 aliphatic heterocycles. The van der Waals surface area contributed by atoms with Crippen LogP contribution in [0.3, 0.4) is 0 Å². The van der Waals surface area contributed by atoms with Crippen molar-refractivity contribution in [1.82, 2.24) is 9.88 Å². The predicted molar refractivity (Wildman–Crippen MR) is 148 cm³/mol. The van der Waals surface area contributed by atoms with Crippen LogP contribution < -0.4 is 10.1 Å². The van der Waals surface area contributed by atoms with E-state index in [-0.39, 0.29) is 17.6 Å². The minimum atomic E-state index is -3.88. The largest absolute Gasteiger partial charge is 0.497 e. The first-order valence-corrected chi connectivity index (χ1v) is 15.2. The van der Waals surface area contributed by atoms with Gasteiger partial charge >= 0.3 is 6.09 Å². The summed E-state index contributed by atoms with van der Waals surface area (Å²) in [6, 6.07) is 13.7. The van der Waals surface area contributed by atoms with E-state index >= 15 is 0 Å². The van der Waals surface area contributed by atoms with Crippen molar-refractivity contribution in [3.63, 3.8) is 0 Å². The molecule has 2 aromatic heterocycles. The molecule has 0 radical (unpaired) electrons. The third kappa shape index (κ3) is 5.24. The van der Waals surface area contributed by atoms with Gasteiger partial charge in [-0.3, -0.25) is 4.79 Å². The highest BCUT2D eigenvalue weighted by Crippen LogP contribution is 2.45. The van der Waals surface area contributed by atoms with Crippen LogP contribution in [0.5, 0.6) is 5.75 Å². The number of fused-ring (bicyclic) bond motifs is 2. The molecule has 38 heavy (non-hydrogen) atoms. The number of carbonyl (C=O) groups is 2. The number of amides is 2. The Bertz CT molecular complexity index is 1580. The number of thiophene rings is 1. The first kappa shape index (κ1) is 26.1. The number of anilines is 1. The summed E-state index contributed by atoms with van der Waals surface area (Å²) in [5.74, 6) is -0.838. The molecule has 0 saturated carbocycles. The van der Waals surface area contributed by atoms with Crippen LogP contribution in [0.2, 0.25) is 0 Å². The molecule has 5 rings (SSSR count). The van der Waals surface area contributed by atoms with Crippen molar-refractivity contribution >= 4 is 59.7 Å². The van der Waals surface area contributed by atoms with E-state index < -0.39 is 21.5 Å². The third-order valence-corrected chi connectivity index (χ3v) is 9.90. The van der Waals surface area contributed by atoms with Crippen LogP contribution in [0.25, 0.3) is 20.8 Å². The maximum atomic E-state index is 13.0. The number of hydrogen-bond acceptors (Lipinski definition) is 9. The van der Waals surface area contributed by atoms with Gasteiger partial charge in [-0.25, -0.2) is 18.2 Å². The van der Waals surface area contributed by atoms with E-state index in [4.69, 9.17) is 14.5 Å². The second-order valence-electron chi connectivity index (χ2n) is 8.55. The summed E-state index contributed by atoms with van der Waals surface area (Å²) in [5, 5.41) is 4.10. The van der Waals surface area contributed by atoms with Gasteiger partial charge in [0.05, 0.1) is 35.4 Å². The van der Waals surface area contributed by atoms with Crippen LogP contribution in [-0.4, -0.2) is 56.3 Å². The van der Waals surface area contributed by atoms with E-state index in [0.29, 0.717) is 30.3 Å². The van der Waals surface area contributed by atoms with E-state index in [9.17, 15) is 18.0 Å². The molecule has 4 aromatic rings. The van der Waals surface area contributed by atoms with Gasteiger partial charge in [0.1, 0.15) is 21.5 Å². The average Bonchev–Trinajstić information content (AvgIpc) is 3.48. The quantitative estimate of drug-likeness (QED) is 0.333. The van der Waals surface area contributed by atoms with Crippen molar-refractivity contribution in [2.75, 3.05) is 31.3 Å². The SMILES string of the molecule is CCOC(=O)N1CCc2c(sc(NC(=O)CS(=O)(=O)c3ccc(OC)cc3)c2-c2nc3ccccc3s2)C1. The predicted octanol–water partition coefficient (Wildman–Crippen LogP) is 4.96. The van der Waals surface area contributed by atoms with Gasteiger partial charge in [-0.1, -0.05) is 12.1 Å². The number of rotatable bonds is 7. The van der Waals surface area contributed by atoms with Gasteiger partial charge in [-0.05, 0) is 55.3 Å². The zero-order valence-corrected chi connectivity index (χ0v) is 23.2. The number of hydrogen-bond donors (Lipinski definition) is 1. The van der Waals surface area contributed by atoms with Gasteiger partial charge in [-0.15, -0.1) is 22.7 Å². The second kappa shape index (κ2) is 10.7. The molecule has 9 nitrogen and oxygen atoms in total. The summed E-state index contributed by atoms with van der Waals surface area (Å²) in [5.41, 5.74) is 2.63. The summed E-state index contributed by atoms with van der Waals surface area (Å²) in [6.45, 7) is 2.86. The fraction of sp³-hybridized carbons (Fsp3) is 0.269. The molecular formula is C26H25N3O6S3. The molecule has 0 fully saturated rings. The molecule has 0 bridgehead atoms. The maximum absolute atomic E-state index is 13.0. The summed E-state index contributed by atoms with van der Waals surface area (Å²) in [4.78, 5) is 32.8. The van der Waals surface area contributed by atoms with Crippen molar-refractivity contribution in [2.24, 2.45) is 0 Å². The van der Waals surface area contributed by atoms with Crippen molar-refractivity contribution in [3.8, 4) is 16.3 Å². The fourth-order valence-corrected chi connectivity index (χ4v) is 7.79. The van der Waals surface area contributed by atoms with E-state index in [1.807, 2.05) is 24.3 Å². The highest BCUT2D eigenvalue weighted by Gasteiger charge is 2.30. The Morgan fingerprint density at radius 1 is 1.11 bits per heavy atom. The first-order valence-electron chi connectivity index (χ1n) is 11.9. The van der Waals surface area contributed by atoms with Crippen LogP contribution in [0.15, 0.2) is 53.4 Å². The third-order valence-electron chi connectivity index (χ3n) is 6.08. The lowest BCUT2D eigenvalue weighted by Gasteiger charge is -2.26. The molecule has 0 spiro atoms. The molecule has 0 unspecified atom stereocenters. The summed E-state index contributed by atoms with van der Waals surface area (Å²) < 4.78 is 37.1. The summed E-state index contributed by atoms with van der Waals surface area (Å²) in [6.07, 6.45) is 0.180. The van der Waals surface area contributed by atoms with E-state index in [1.165, 1.54) is 41.9 Å². The molecule has 3 heterocycles. The minimum absolute atomic E-state index is 0.0374. The number of nitrogens with one attached hydrogen (secondary N) is 1. The number of nitrogens with zero attached hydrogens (tertiary/aromatic N) is 2. The monoisotopic (exact) mass is 571 g/mol. The van der Waals surface area contributed by atoms with Crippen LogP contribution in [0.1, 0.15) is 17.4 Å². The van der Waals surface area contributed by atoms with Crippen LogP contribution in [0.4, 0.5) is 9.80 Å². The molecule has 1 aliphatic rings. The van der Waals surface area contributed by atoms with E-state index in [1.54, 1.807) is 24.0 Å². The van der Waals surface area contributed by atoms with Gasteiger partial charge in [0.15, 0.2) is 9.84 Å². The Hall–Kier alpha value is -3.48. The highest BCUT2D eigenvalue weighted by molar-refractivity contribution is 7.92. The smallest absolute Gasteiger partial charge is 0.410 e. The number of benzene rings is 2. The number of ether oxygens (including phenoxy) is 2. The van der Waals surface area contributed by atoms with Gasteiger partial charge in [-0.2, -0.15) is 0 Å². The number of methoxy groups -OCH3 is 1. The molecule has 2 aromatic carbocycles. The van der Waals surface area contributed by atoms with Crippen LogP contribution >= 0.6 is 22.7 Å². The van der Waals surface area contributed by atoms with Gasteiger partial charge in [0.25, 0.3) is 0 Å². The summed E-state index contributed by atoms with van der Waals surface area (Å²) >= 11 is 2.84. The molecular weight excluding hydrogens is 547 g/mol. The Kier molecular flexibility index (Phi) is 7.37. The van der Waals surface area contributed by atoms with Crippen molar-refractivity contribution < 1.29 is 27.5 Å². The standard InChI is InChI=1S/C26H25N3O6S3/c1-3-35-26(31)29-13-12-18-21(14-29)37-25(23(18)24-27-19-6-4-5-7-20(19)36-24)28-22(30)15-38(32,33)17-10-8-16(34-2)9-11-17/h4-11H,3,12-15H2,1-2H3,(H,28,30). The Balaban J connectivity index is 1.46. The minimum Gasteiger partial charge on any atom is -0.497 e. The van der Waals surface area contributed by atoms with Crippen molar-refractivity contribution in [1.29, 1.82) is 0 Å². The van der Waals surface area contributed by atoms with Gasteiger partial charge in [0.2, 0.25) is 5.91 Å². The lowest BCUT2D eigenvalue weighted by Crippen LogP contribution is -2.35. The average molecular weight is 572 g/mol. The zero-order valence-electron chi connectivity index (χ0n) is 20.7. The van der Waals surface area contributed by atoms with Crippen LogP contribution in [-0.2, 0) is 32.3 Å². The van der Waals surface area contributed by atoms with Crippen molar-refractivity contribution in [3.05, 3.63) is 59.0 Å². The van der Waals surface area contributed by atoms with Gasteiger partial charge < -0.3 is 19.7 Å². The number of aromatic nitrogens is 1. The van der Waals surface area contributed by atoms with Crippen molar-refractivity contribution in [2.45, 2.75) is 24.8 Å². The van der Waals surface area contributed by atoms with E-state index in [2.05, 4.69) is 5.32 Å². The highest BCUT2D eigenvalue weighted by atomic mass is 32.2. The number of para-hydroxylation sites is 1. The second-order valence-corrected chi connectivity index (χ2v) is 12.7. The number of carbonyl (C=O) groups excluding carboxylic acids is 2. The normalized spacial score (nSPS) is 13.3. The number of sulfone groups is 1. The molecule has 2 amide bonds. The fourth-order valence-electron chi connectivity index (χ4n) is 4.27. The number of thiazole rings is 1. The lowest BCUT2D eigenvalue weighted by atomic mass is 10.0. The molecule has 0 aliphatic carbocycles. The van der Waals surface area contributed by atoms with E-state index in [0.717, 1.165) is 31.2 Å². The summed E-state index contributed by atoms with van der Waals surface area (Å²) in [7, 11) is -2.38. The molecule has 1 N–H and O–H groups in total. The topological polar surface area (TPSA) is 115 Å². The molecule has 12 heteroatoms. The zero-order chi connectivity index (χ0) is 26.9. The molecule has 0 atom stereocenters. The van der Waals surface area contributed by atoms with Crippen LogP contribution in [0, 0.1) is 0 Å². The maximum Gasteiger partial charge on any atom is 0.410 e. The Labute approximate surface area is 227 Å². The first-order chi connectivity index (χ1) is 18.3. The van der Waals surface area contributed by atoms with Gasteiger partial charge in [0, 0.05) is 17.0 Å².